The van der Waals surface area contributed by atoms with Crippen LogP contribution in [0.3, 0.4) is 0 Å². The standard InChI is InChI=1S/C10H11F2NO3/c1-16-6-4-2-3-5(9(11)12)7(6)8(13)10(14)15/h2-4,8-9H,13H2,1H3,(H,14,15). The van der Waals surface area contributed by atoms with Crippen molar-refractivity contribution in [1.29, 1.82) is 0 Å². The third-order valence-electron chi connectivity index (χ3n) is 2.13. The summed E-state index contributed by atoms with van der Waals surface area (Å²) in [5.74, 6) is -1.33. The molecule has 0 aliphatic carbocycles. The average molecular weight is 231 g/mol. The van der Waals surface area contributed by atoms with Crippen molar-refractivity contribution in [3.8, 4) is 5.75 Å². The van der Waals surface area contributed by atoms with Crippen LogP contribution in [-0.2, 0) is 4.79 Å². The SMILES string of the molecule is COc1cccc(C(F)F)c1C(N)C(=O)O. The molecular formula is C10H11F2NO3. The predicted octanol–water partition coefficient (Wildman–Crippen LogP) is 1.72. The number of carboxylic acids is 1. The van der Waals surface area contributed by atoms with E-state index in [0.29, 0.717) is 0 Å². The molecule has 16 heavy (non-hydrogen) atoms. The van der Waals surface area contributed by atoms with E-state index in [1.54, 1.807) is 0 Å². The van der Waals surface area contributed by atoms with E-state index in [1.165, 1.54) is 19.2 Å². The quantitative estimate of drug-likeness (QED) is 0.827. The van der Waals surface area contributed by atoms with Crippen LogP contribution in [0.15, 0.2) is 18.2 Å². The van der Waals surface area contributed by atoms with Crippen LogP contribution in [0, 0.1) is 0 Å². The molecule has 3 N–H and O–H groups in total. The van der Waals surface area contributed by atoms with Crippen LogP contribution < -0.4 is 10.5 Å². The predicted molar refractivity (Wildman–Crippen MR) is 52.5 cm³/mol. The first-order valence-electron chi connectivity index (χ1n) is 4.42. The summed E-state index contributed by atoms with van der Waals surface area (Å²) in [6, 6.07) is 2.36. The molecule has 1 unspecified atom stereocenters. The molecular weight excluding hydrogens is 220 g/mol. The first kappa shape index (κ1) is 12.4. The van der Waals surface area contributed by atoms with Gasteiger partial charge in [0.15, 0.2) is 0 Å². The molecule has 0 saturated heterocycles. The minimum Gasteiger partial charge on any atom is -0.496 e. The monoisotopic (exact) mass is 231 g/mol. The van der Waals surface area contributed by atoms with Gasteiger partial charge in [0.2, 0.25) is 0 Å². The van der Waals surface area contributed by atoms with Crippen LogP contribution in [0.4, 0.5) is 8.78 Å². The topological polar surface area (TPSA) is 72.5 Å². The fraction of sp³-hybridized carbons (Fsp3) is 0.300. The maximum absolute atomic E-state index is 12.7. The van der Waals surface area contributed by atoms with Gasteiger partial charge in [-0.15, -0.1) is 0 Å². The van der Waals surface area contributed by atoms with Gasteiger partial charge >= 0.3 is 5.97 Å². The van der Waals surface area contributed by atoms with E-state index in [4.69, 9.17) is 15.6 Å². The third-order valence-corrected chi connectivity index (χ3v) is 2.13. The molecule has 0 fully saturated rings. The van der Waals surface area contributed by atoms with Gasteiger partial charge in [0.1, 0.15) is 11.8 Å². The van der Waals surface area contributed by atoms with Crippen molar-refractivity contribution in [2.75, 3.05) is 7.11 Å². The molecule has 88 valence electrons. The first-order chi connectivity index (χ1) is 7.49. The number of alkyl halides is 2. The second-order valence-corrected chi connectivity index (χ2v) is 3.08. The van der Waals surface area contributed by atoms with Gasteiger partial charge in [0.25, 0.3) is 6.43 Å². The number of aliphatic carboxylic acids is 1. The summed E-state index contributed by atoms with van der Waals surface area (Å²) in [7, 11) is 1.27. The number of methoxy groups -OCH3 is 1. The minimum absolute atomic E-state index is 0.0488. The summed E-state index contributed by atoms with van der Waals surface area (Å²) in [6.45, 7) is 0. The number of hydrogen-bond acceptors (Lipinski definition) is 3. The number of rotatable bonds is 4. The van der Waals surface area contributed by atoms with Crippen LogP contribution in [0.2, 0.25) is 0 Å². The molecule has 1 rings (SSSR count). The molecule has 1 aromatic carbocycles. The highest BCUT2D eigenvalue weighted by atomic mass is 19.3. The second kappa shape index (κ2) is 4.89. The third kappa shape index (κ3) is 2.27. The summed E-state index contributed by atoms with van der Waals surface area (Å²) < 4.78 is 30.2. The largest absolute Gasteiger partial charge is 0.496 e. The van der Waals surface area contributed by atoms with E-state index in [-0.39, 0.29) is 11.3 Å². The van der Waals surface area contributed by atoms with Gasteiger partial charge in [-0.05, 0) is 6.07 Å². The number of halogens is 2. The molecule has 0 amide bonds. The molecule has 0 aliphatic heterocycles. The number of hydrogen-bond donors (Lipinski definition) is 2. The van der Waals surface area contributed by atoms with Crippen LogP contribution >= 0.6 is 0 Å². The van der Waals surface area contributed by atoms with Crippen LogP contribution in [-0.4, -0.2) is 18.2 Å². The van der Waals surface area contributed by atoms with E-state index in [2.05, 4.69) is 0 Å². The molecule has 0 radical (unpaired) electrons. The zero-order chi connectivity index (χ0) is 12.3. The maximum Gasteiger partial charge on any atom is 0.325 e. The van der Waals surface area contributed by atoms with E-state index in [0.717, 1.165) is 6.07 Å². The number of nitrogens with two attached hydrogens (primary N) is 1. The highest BCUT2D eigenvalue weighted by Crippen LogP contribution is 2.33. The Balaban J connectivity index is 3.35. The fourth-order valence-corrected chi connectivity index (χ4v) is 1.39. The lowest BCUT2D eigenvalue weighted by Gasteiger charge is -2.16. The van der Waals surface area contributed by atoms with Crippen molar-refractivity contribution in [3.63, 3.8) is 0 Å². The number of carboxylic acid groups (broad SMARTS) is 1. The van der Waals surface area contributed by atoms with Crippen molar-refractivity contribution in [2.24, 2.45) is 5.73 Å². The Kier molecular flexibility index (Phi) is 3.78. The van der Waals surface area contributed by atoms with Crippen LogP contribution in [0.25, 0.3) is 0 Å². The van der Waals surface area contributed by atoms with Crippen LogP contribution in [0.1, 0.15) is 23.6 Å². The number of carbonyl (C=O) groups is 1. The van der Waals surface area contributed by atoms with Gasteiger partial charge in [-0.3, -0.25) is 4.79 Å². The average Bonchev–Trinajstić information content (AvgIpc) is 2.26. The van der Waals surface area contributed by atoms with Crippen LogP contribution in [0.5, 0.6) is 5.75 Å². The molecule has 6 heteroatoms. The van der Waals surface area contributed by atoms with E-state index >= 15 is 0 Å². The lowest BCUT2D eigenvalue weighted by Crippen LogP contribution is -2.23. The smallest absolute Gasteiger partial charge is 0.325 e. The van der Waals surface area contributed by atoms with Crippen molar-refractivity contribution < 1.29 is 23.4 Å². The van der Waals surface area contributed by atoms with Crippen molar-refractivity contribution in [1.82, 2.24) is 0 Å². The van der Waals surface area contributed by atoms with E-state index < -0.39 is 24.0 Å². The molecule has 0 aromatic heterocycles. The fourth-order valence-electron chi connectivity index (χ4n) is 1.39. The zero-order valence-corrected chi connectivity index (χ0v) is 8.48. The Labute approximate surface area is 90.6 Å². The lowest BCUT2D eigenvalue weighted by atomic mass is 10.00. The Morgan fingerprint density at radius 3 is 2.56 bits per heavy atom. The Hall–Kier alpha value is -1.69. The van der Waals surface area contributed by atoms with Gasteiger partial charge < -0.3 is 15.6 Å². The highest BCUT2D eigenvalue weighted by Gasteiger charge is 2.25. The Morgan fingerprint density at radius 1 is 1.50 bits per heavy atom. The van der Waals surface area contributed by atoms with E-state index in [9.17, 15) is 13.6 Å². The molecule has 1 atom stereocenters. The van der Waals surface area contributed by atoms with Gasteiger partial charge in [0.05, 0.1) is 7.11 Å². The highest BCUT2D eigenvalue weighted by molar-refractivity contribution is 5.77. The van der Waals surface area contributed by atoms with E-state index in [1.807, 2.05) is 0 Å². The zero-order valence-electron chi connectivity index (χ0n) is 8.48. The maximum atomic E-state index is 12.7. The minimum atomic E-state index is -2.80. The summed E-state index contributed by atoms with van der Waals surface area (Å²) in [5, 5.41) is 8.74. The Bertz CT molecular complexity index is 396. The summed E-state index contributed by atoms with van der Waals surface area (Å²) in [4.78, 5) is 10.7. The summed E-state index contributed by atoms with van der Waals surface area (Å²) in [6.07, 6.45) is -2.80. The summed E-state index contributed by atoms with van der Waals surface area (Å²) >= 11 is 0. The molecule has 0 saturated carbocycles. The van der Waals surface area contributed by atoms with Crippen molar-refractivity contribution >= 4 is 5.97 Å². The lowest BCUT2D eigenvalue weighted by molar-refractivity contribution is -0.138. The molecule has 4 nitrogen and oxygen atoms in total. The summed E-state index contributed by atoms with van der Waals surface area (Å²) in [5.41, 5.74) is 4.73. The first-order valence-corrected chi connectivity index (χ1v) is 4.42. The number of ether oxygens (including phenoxy) is 1. The van der Waals surface area contributed by atoms with Gasteiger partial charge in [0, 0.05) is 11.1 Å². The van der Waals surface area contributed by atoms with Gasteiger partial charge in [-0.1, -0.05) is 12.1 Å². The Morgan fingerprint density at radius 2 is 2.12 bits per heavy atom. The second-order valence-electron chi connectivity index (χ2n) is 3.08. The molecule has 0 heterocycles. The molecule has 0 bridgehead atoms. The van der Waals surface area contributed by atoms with Crippen molar-refractivity contribution in [3.05, 3.63) is 29.3 Å². The molecule has 0 aliphatic rings. The molecule has 1 aromatic rings. The molecule has 0 spiro atoms. The normalized spacial score (nSPS) is 12.6. The van der Waals surface area contributed by atoms with Gasteiger partial charge in [-0.2, -0.15) is 0 Å². The van der Waals surface area contributed by atoms with Crippen molar-refractivity contribution in [2.45, 2.75) is 12.5 Å². The number of benzene rings is 1. The van der Waals surface area contributed by atoms with Gasteiger partial charge in [-0.25, -0.2) is 8.78 Å².